The van der Waals surface area contributed by atoms with Gasteiger partial charge in [-0.15, -0.1) is 0 Å². The van der Waals surface area contributed by atoms with Gasteiger partial charge in [0.15, 0.2) is 0 Å². The van der Waals surface area contributed by atoms with Gasteiger partial charge in [0.2, 0.25) is 0 Å². The third-order valence-corrected chi connectivity index (χ3v) is 4.88. The maximum absolute atomic E-state index is 6.28. The van der Waals surface area contributed by atoms with Gasteiger partial charge >= 0.3 is 0 Å². The van der Waals surface area contributed by atoms with Gasteiger partial charge in [0.25, 0.3) is 0 Å². The van der Waals surface area contributed by atoms with Crippen molar-refractivity contribution in [2.75, 3.05) is 0 Å². The minimum absolute atomic E-state index is 0.347. The molecule has 1 heteroatoms. The molecule has 1 aromatic carbocycles. The summed E-state index contributed by atoms with van der Waals surface area (Å²) in [6.07, 6.45) is 3.55. The van der Waals surface area contributed by atoms with Gasteiger partial charge in [0.1, 0.15) is 0 Å². The zero-order valence-electron chi connectivity index (χ0n) is 11.6. The molecule has 17 heavy (non-hydrogen) atoms. The smallest absolute Gasteiger partial charge is 0.0107 e. The van der Waals surface area contributed by atoms with E-state index in [-0.39, 0.29) is 0 Å². The zero-order chi connectivity index (χ0) is 12.6. The molecule has 94 valence electrons. The number of rotatable bonds is 3. The lowest BCUT2D eigenvalue weighted by atomic mass is 9.52. The first-order valence-electron chi connectivity index (χ1n) is 6.87. The maximum Gasteiger partial charge on any atom is 0.0107 e. The first-order chi connectivity index (χ1) is 8.03. The van der Waals surface area contributed by atoms with Crippen LogP contribution in [0, 0.1) is 19.3 Å². The van der Waals surface area contributed by atoms with Crippen LogP contribution >= 0.6 is 0 Å². The molecule has 1 fully saturated rings. The van der Waals surface area contributed by atoms with Gasteiger partial charge in [-0.1, -0.05) is 43.2 Å². The quantitative estimate of drug-likeness (QED) is 0.838. The third-order valence-electron chi connectivity index (χ3n) is 4.88. The monoisotopic (exact) mass is 231 g/mol. The topological polar surface area (TPSA) is 26.0 Å². The van der Waals surface area contributed by atoms with E-state index in [2.05, 4.69) is 45.9 Å². The van der Waals surface area contributed by atoms with Crippen molar-refractivity contribution in [2.24, 2.45) is 11.1 Å². The van der Waals surface area contributed by atoms with E-state index in [0.29, 0.717) is 17.4 Å². The van der Waals surface area contributed by atoms with Crippen LogP contribution in [0.15, 0.2) is 18.2 Å². The molecule has 0 aliphatic heterocycles. The molecule has 2 atom stereocenters. The Bertz CT molecular complexity index is 384. The second-order valence-corrected chi connectivity index (χ2v) is 5.76. The summed E-state index contributed by atoms with van der Waals surface area (Å²) < 4.78 is 0. The summed E-state index contributed by atoms with van der Waals surface area (Å²) in [4.78, 5) is 0. The van der Waals surface area contributed by atoms with E-state index in [1.165, 1.54) is 29.5 Å². The van der Waals surface area contributed by atoms with Gasteiger partial charge in [-0.25, -0.2) is 0 Å². The van der Waals surface area contributed by atoms with E-state index in [4.69, 9.17) is 5.73 Å². The first-order valence-corrected chi connectivity index (χ1v) is 6.87. The van der Waals surface area contributed by atoms with Gasteiger partial charge in [0.05, 0.1) is 0 Å². The molecule has 0 radical (unpaired) electrons. The van der Waals surface area contributed by atoms with Crippen molar-refractivity contribution in [1.82, 2.24) is 0 Å². The minimum atomic E-state index is 0.347. The van der Waals surface area contributed by atoms with Gasteiger partial charge in [-0.3, -0.25) is 0 Å². The Kier molecular flexibility index (Phi) is 3.31. The first kappa shape index (κ1) is 12.6. The Hall–Kier alpha value is -0.820. The molecule has 2 rings (SSSR count). The number of benzene rings is 1. The molecule has 0 aromatic heterocycles. The fraction of sp³-hybridized carbons (Fsp3) is 0.625. The molecule has 0 saturated heterocycles. The van der Waals surface area contributed by atoms with E-state index in [1.54, 1.807) is 0 Å². The highest BCUT2D eigenvalue weighted by Gasteiger charge is 2.50. The summed E-state index contributed by atoms with van der Waals surface area (Å²) >= 11 is 0. The van der Waals surface area contributed by atoms with Crippen molar-refractivity contribution in [2.45, 2.75) is 58.9 Å². The largest absolute Gasteiger partial charge is 0.327 e. The highest BCUT2D eigenvalue weighted by Crippen LogP contribution is 2.56. The van der Waals surface area contributed by atoms with Crippen molar-refractivity contribution in [3.05, 3.63) is 34.9 Å². The number of hydrogen-bond donors (Lipinski definition) is 1. The van der Waals surface area contributed by atoms with Crippen LogP contribution in [0.5, 0.6) is 0 Å². The Balaban J connectivity index is 2.35. The van der Waals surface area contributed by atoms with Crippen LogP contribution in [0.3, 0.4) is 0 Å². The third kappa shape index (κ3) is 1.91. The van der Waals surface area contributed by atoms with Gasteiger partial charge in [-0.2, -0.15) is 0 Å². The lowest BCUT2D eigenvalue weighted by Crippen LogP contribution is -2.55. The fourth-order valence-corrected chi connectivity index (χ4v) is 3.77. The van der Waals surface area contributed by atoms with Crippen molar-refractivity contribution in [3.8, 4) is 0 Å². The second-order valence-electron chi connectivity index (χ2n) is 5.76. The lowest BCUT2D eigenvalue weighted by molar-refractivity contribution is 0.0437. The number of hydrogen-bond acceptors (Lipinski definition) is 1. The predicted octanol–water partition coefficient (Wildman–Crippen LogP) is 3.92. The Morgan fingerprint density at radius 2 is 1.65 bits per heavy atom. The summed E-state index contributed by atoms with van der Waals surface area (Å²) in [5, 5.41) is 0. The molecule has 0 amide bonds. The van der Waals surface area contributed by atoms with Crippen LogP contribution in [0.4, 0.5) is 0 Å². The van der Waals surface area contributed by atoms with Crippen LogP contribution < -0.4 is 5.73 Å². The molecule has 1 saturated carbocycles. The average Bonchev–Trinajstić information content (AvgIpc) is 2.26. The highest BCUT2D eigenvalue weighted by atomic mass is 14.8. The lowest BCUT2D eigenvalue weighted by Gasteiger charge is -2.55. The molecule has 0 spiro atoms. The normalized spacial score (nSPS) is 26.6. The molecule has 0 heterocycles. The van der Waals surface area contributed by atoms with E-state index >= 15 is 0 Å². The van der Waals surface area contributed by atoms with E-state index < -0.39 is 0 Å². The van der Waals surface area contributed by atoms with Crippen LogP contribution in [0.25, 0.3) is 0 Å². The van der Waals surface area contributed by atoms with Gasteiger partial charge in [0, 0.05) is 6.04 Å². The summed E-state index contributed by atoms with van der Waals surface area (Å²) in [5.41, 5.74) is 10.9. The summed E-state index contributed by atoms with van der Waals surface area (Å²) in [7, 11) is 0. The van der Waals surface area contributed by atoms with Crippen molar-refractivity contribution in [3.63, 3.8) is 0 Å². The molecule has 2 N–H and O–H groups in total. The summed E-state index contributed by atoms with van der Waals surface area (Å²) in [6, 6.07) is 7.35. The Morgan fingerprint density at radius 3 is 2.06 bits per heavy atom. The van der Waals surface area contributed by atoms with Crippen LogP contribution in [-0.4, -0.2) is 6.04 Å². The maximum atomic E-state index is 6.28. The molecule has 1 aromatic rings. The molecule has 1 nitrogen and oxygen atoms in total. The average molecular weight is 231 g/mol. The fourth-order valence-electron chi connectivity index (χ4n) is 3.77. The standard InChI is InChI=1S/C16H25N/c1-5-16(6-2)14(10-15(16)17)13-8-11(3)7-12(4)9-13/h7-9,14-15H,5-6,10,17H2,1-4H3. The second kappa shape index (κ2) is 4.45. The molecule has 1 aliphatic rings. The van der Waals surface area contributed by atoms with Crippen LogP contribution in [-0.2, 0) is 0 Å². The molecule has 0 bridgehead atoms. The Labute approximate surface area is 105 Å². The van der Waals surface area contributed by atoms with Crippen LogP contribution in [0.1, 0.15) is 55.7 Å². The molecule has 1 aliphatic carbocycles. The van der Waals surface area contributed by atoms with E-state index in [1.807, 2.05) is 0 Å². The SMILES string of the molecule is CCC1(CC)C(N)CC1c1cc(C)cc(C)c1. The van der Waals surface area contributed by atoms with Gasteiger partial charge in [-0.05, 0) is 50.0 Å². The summed E-state index contributed by atoms with van der Waals surface area (Å²) in [6.45, 7) is 8.96. The number of aryl methyl sites for hydroxylation is 2. The van der Waals surface area contributed by atoms with E-state index in [9.17, 15) is 0 Å². The molecule has 2 unspecified atom stereocenters. The molecular weight excluding hydrogens is 206 g/mol. The zero-order valence-corrected chi connectivity index (χ0v) is 11.6. The van der Waals surface area contributed by atoms with E-state index in [0.717, 1.165) is 6.42 Å². The van der Waals surface area contributed by atoms with Crippen molar-refractivity contribution >= 4 is 0 Å². The van der Waals surface area contributed by atoms with Gasteiger partial charge < -0.3 is 5.73 Å². The Morgan fingerprint density at radius 1 is 1.12 bits per heavy atom. The predicted molar refractivity (Wildman–Crippen MR) is 74.3 cm³/mol. The highest BCUT2D eigenvalue weighted by molar-refractivity contribution is 5.35. The van der Waals surface area contributed by atoms with Crippen molar-refractivity contribution < 1.29 is 0 Å². The molecular formula is C16H25N. The summed E-state index contributed by atoms with van der Waals surface area (Å²) in [5.74, 6) is 0.672. The van der Waals surface area contributed by atoms with Crippen LogP contribution in [0.2, 0.25) is 0 Å². The minimum Gasteiger partial charge on any atom is -0.327 e. The number of nitrogens with two attached hydrogens (primary N) is 1. The van der Waals surface area contributed by atoms with Crippen molar-refractivity contribution in [1.29, 1.82) is 0 Å².